The standard InChI is InChI=1S/C29H33N7O4/c1-3-13-35(4-2)28(39)25-17-22(7-11-31-25)33-29-32-12-8-24(34-29)20-5-6-26(21(16-20)18-30)40-23-9-14-36(15-10-23)27(38)19-37/h5-8,11-12,16-17,23,37H,3-4,9-10,13-15,19H2,1-2H3,(H,31,32,33,34). The van der Waals surface area contributed by atoms with Gasteiger partial charge in [-0.05, 0) is 49.7 Å². The topological polar surface area (TPSA) is 145 Å². The third kappa shape index (κ3) is 6.90. The summed E-state index contributed by atoms with van der Waals surface area (Å²) in [6.07, 6.45) is 5.18. The summed E-state index contributed by atoms with van der Waals surface area (Å²) in [6.45, 7) is 5.76. The Labute approximate surface area is 233 Å². The molecule has 0 saturated carbocycles. The van der Waals surface area contributed by atoms with Crippen molar-refractivity contribution in [2.24, 2.45) is 0 Å². The third-order valence-corrected chi connectivity index (χ3v) is 6.67. The molecule has 2 amide bonds. The fraction of sp³-hybridized carbons (Fsp3) is 0.379. The Morgan fingerprint density at radius 2 is 1.93 bits per heavy atom. The number of pyridine rings is 1. The van der Waals surface area contributed by atoms with Crippen LogP contribution >= 0.6 is 0 Å². The predicted molar refractivity (Wildman–Crippen MR) is 149 cm³/mol. The van der Waals surface area contributed by atoms with Crippen molar-refractivity contribution < 1.29 is 19.4 Å². The van der Waals surface area contributed by atoms with Crippen LogP contribution in [-0.2, 0) is 4.79 Å². The van der Waals surface area contributed by atoms with Crippen molar-refractivity contribution in [1.82, 2.24) is 24.8 Å². The van der Waals surface area contributed by atoms with E-state index in [9.17, 15) is 14.9 Å². The van der Waals surface area contributed by atoms with Crippen LogP contribution in [0.25, 0.3) is 11.3 Å². The highest BCUT2D eigenvalue weighted by molar-refractivity contribution is 5.93. The monoisotopic (exact) mass is 543 g/mol. The van der Waals surface area contributed by atoms with Crippen molar-refractivity contribution in [3.63, 3.8) is 0 Å². The van der Waals surface area contributed by atoms with Crippen molar-refractivity contribution in [3.05, 3.63) is 60.0 Å². The molecule has 0 atom stereocenters. The molecule has 1 fully saturated rings. The van der Waals surface area contributed by atoms with Crippen LogP contribution in [0.1, 0.15) is 49.2 Å². The van der Waals surface area contributed by atoms with E-state index in [0.29, 0.717) is 73.4 Å². The number of nitrogens with one attached hydrogen (secondary N) is 1. The van der Waals surface area contributed by atoms with Gasteiger partial charge in [0, 0.05) is 62.7 Å². The van der Waals surface area contributed by atoms with Crippen LogP contribution in [0.5, 0.6) is 5.75 Å². The number of aliphatic hydroxyl groups excluding tert-OH is 1. The Morgan fingerprint density at radius 3 is 2.62 bits per heavy atom. The number of nitrogens with zero attached hydrogens (tertiary/aromatic N) is 6. The molecule has 0 unspecified atom stereocenters. The first kappa shape index (κ1) is 28.4. The lowest BCUT2D eigenvalue weighted by molar-refractivity contribution is -0.135. The number of hydrogen-bond acceptors (Lipinski definition) is 9. The van der Waals surface area contributed by atoms with Crippen LogP contribution in [0, 0.1) is 11.3 Å². The van der Waals surface area contributed by atoms with Crippen LogP contribution in [0.4, 0.5) is 11.6 Å². The van der Waals surface area contributed by atoms with Gasteiger partial charge >= 0.3 is 0 Å². The van der Waals surface area contributed by atoms with Gasteiger partial charge in [0.25, 0.3) is 5.91 Å². The summed E-state index contributed by atoms with van der Waals surface area (Å²) in [6, 6.07) is 12.7. The van der Waals surface area contributed by atoms with E-state index in [1.807, 2.05) is 19.9 Å². The first-order valence-corrected chi connectivity index (χ1v) is 13.4. The van der Waals surface area contributed by atoms with Crippen molar-refractivity contribution in [2.75, 3.05) is 38.1 Å². The fourth-order valence-electron chi connectivity index (χ4n) is 4.55. The normalized spacial score (nSPS) is 13.4. The molecule has 11 heteroatoms. The first-order chi connectivity index (χ1) is 19.4. The largest absolute Gasteiger partial charge is 0.489 e. The molecule has 2 aromatic heterocycles. The number of piperidine rings is 1. The van der Waals surface area contributed by atoms with Gasteiger partial charge in [0.2, 0.25) is 11.9 Å². The molecule has 0 aliphatic carbocycles. The number of aliphatic hydroxyl groups is 1. The van der Waals surface area contributed by atoms with E-state index in [1.165, 1.54) is 0 Å². The van der Waals surface area contributed by atoms with Crippen LogP contribution in [0.2, 0.25) is 0 Å². The number of ether oxygens (including phenoxy) is 1. The van der Waals surface area contributed by atoms with Crippen molar-refractivity contribution >= 4 is 23.5 Å². The minimum Gasteiger partial charge on any atom is -0.489 e. The number of rotatable bonds is 10. The summed E-state index contributed by atoms with van der Waals surface area (Å²) < 4.78 is 6.10. The molecule has 208 valence electrons. The van der Waals surface area contributed by atoms with E-state index in [2.05, 4.69) is 26.3 Å². The van der Waals surface area contributed by atoms with Gasteiger partial charge in [-0.2, -0.15) is 5.26 Å². The van der Waals surface area contributed by atoms with E-state index in [-0.39, 0.29) is 17.9 Å². The maximum atomic E-state index is 12.8. The number of aromatic nitrogens is 3. The molecule has 3 heterocycles. The number of carbonyl (C=O) groups excluding carboxylic acids is 2. The van der Waals surface area contributed by atoms with Crippen LogP contribution < -0.4 is 10.1 Å². The fourth-order valence-corrected chi connectivity index (χ4v) is 4.55. The molecule has 1 aliphatic heterocycles. The summed E-state index contributed by atoms with van der Waals surface area (Å²) in [4.78, 5) is 41.0. The molecular weight excluding hydrogens is 510 g/mol. The molecule has 1 aliphatic rings. The lowest BCUT2D eigenvalue weighted by Crippen LogP contribution is -2.42. The van der Waals surface area contributed by atoms with E-state index in [1.54, 1.807) is 52.5 Å². The molecule has 3 aromatic rings. The zero-order valence-electron chi connectivity index (χ0n) is 22.7. The number of carbonyl (C=O) groups is 2. The molecule has 0 spiro atoms. The van der Waals surface area contributed by atoms with Crippen molar-refractivity contribution in [3.8, 4) is 23.1 Å². The van der Waals surface area contributed by atoms with Crippen molar-refractivity contribution in [1.29, 1.82) is 5.26 Å². The summed E-state index contributed by atoms with van der Waals surface area (Å²) in [7, 11) is 0. The predicted octanol–water partition coefficient (Wildman–Crippen LogP) is 3.39. The van der Waals surface area contributed by atoms with Gasteiger partial charge in [-0.1, -0.05) is 6.92 Å². The molecule has 4 rings (SSSR count). The van der Waals surface area contributed by atoms with Crippen molar-refractivity contribution in [2.45, 2.75) is 39.2 Å². The summed E-state index contributed by atoms with van der Waals surface area (Å²) in [5, 5.41) is 22.0. The Bertz CT molecular complexity index is 1380. The average Bonchev–Trinajstić information content (AvgIpc) is 3.00. The lowest BCUT2D eigenvalue weighted by atomic mass is 10.1. The molecule has 0 bridgehead atoms. The summed E-state index contributed by atoms with van der Waals surface area (Å²) >= 11 is 0. The number of benzene rings is 1. The van der Waals surface area contributed by atoms with Gasteiger partial charge in [0.05, 0.1) is 11.3 Å². The highest BCUT2D eigenvalue weighted by atomic mass is 16.5. The second kappa shape index (κ2) is 13.5. The van der Waals surface area contributed by atoms with E-state index >= 15 is 0 Å². The van der Waals surface area contributed by atoms with E-state index in [4.69, 9.17) is 9.84 Å². The molecule has 1 saturated heterocycles. The van der Waals surface area contributed by atoms with E-state index in [0.717, 1.165) is 12.0 Å². The van der Waals surface area contributed by atoms with Crippen LogP contribution in [0.3, 0.4) is 0 Å². The number of anilines is 2. The second-order valence-electron chi connectivity index (χ2n) is 9.38. The lowest BCUT2D eigenvalue weighted by Gasteiger charge is -2.32. The molecule has 1 aromatic carbocycles. The Hall–Kier alpha value is -4.56. The third-order valence-electron chi connectivity index (χ3n) is 6.67. The number of nitriles is 1. The highest BCUT2D eigenvalue weighted by Crippen LogP contribution is 2.28. The van der Waals surface area contributed by atoms with Gasteiger partial charge in [-0.15, -0.1) is 0 Å². The van der Waals surface area contributed by atoms with Gasteiger partial charge < -0.3 is 25.0 Å². The van der Waals surface area contributed by atoms with E-state index < -0.39 is 6.61 Å². The smallest absolute Gasteiger partial charge is 0.272 e. The Balaban J connectivity index is 1.46. The summed E-state index contributed by atoms with van der Waals surface area (Å²) in [5.41, 5.74) is 2.69. The molecule has 11 nitrogen and oxygen atoms in total. The number of amides is 2. The van der Waals surface area contributed by atoms with Gasteiger partial charge in [-0.3, -0.25) is 14.6 Å². The maximum absolute atomic E-state index is 12.8. The molecule has 2 N–H and O–H groups in total. The first-order valence-electron chi connectivity index (χ1n) is 13.4. The minimum atomic E-state index is -0.494. The quantitative estimate of drug-likeness (QED) is 0.393. The SMILES string of the molecule is CCCN(CC)C(=O)c1cc(Nc2nccc(-c3ccc(OC4CCN(C(=O)CO)CC4)c(C#N)c3)n2)ccn1. The zero-order valence-corrected chi connectivity index (χ0v) is 22.7. The second-order valence-corrected chi connectivity index (χ2v) is 9.38. The average molecular weight is 544 g/mol. The maximum Gasteiger partial charge on any atom is 0.272 e. The number of hydrogen-bond donors (Lipinski definition) is 2. The van der Waals surface area contributed by atoms with Gasteiger partial charge in [0.15, 0.2) is 0 Å². The molecule has 40 heavy (non-hydrogen) atoms. The molecule has 0 radical (unpaired) electrons. The van der Waals surface area contributed by atoms with Crippen LogP contribution in [-0.4, -0.2) is 80.6 Å². The Morgan fingerprint density at radius 1 is 1.15 bits per heavy atom. The zero-order chi connectivity index (χ0) is 28.5. The molecular formula is C29H33N7O4. The number of likely N-dealkylation sites (tertiary alicyclic amines) is 1. The minimum absolute atomic E-state index is 0.126. The van der Waals surface area contributed by atoms with Gasteiger partial charge in [-0.25, -0.2) is 9.97 Å². The van der Waals surface area contributed by atoms with Crippen LogP contribution in [0.15, 0.2) is 48.8 Å². The van der Waals surface area contributed by atoms with Gasteiger partial charge in [0.1, 0.15) is 30.2 Å². The Kier molecular flexibility index (Phi) is 9.59. The summed E-state index contributed by atoms with van der Waals surface area (Å²) in [5.74, 6) is 0.403. The highest BCUT2D eigenvalue weighted by Gasteiger charge is 2.24.